The number of carbonyl (C=O) groups is 1. The van der Waals surface area contributed by atoms with Gasteiger partial charge in [-0.1, -0.05) is 11.8 Å². The second kappa shape index (κ2) is 9.29. The van der Waals surface area contributed by atoms with Gasteiger partial charge in [0.1, 0.15) is 35.6 Å². The van der Waals surface area contributed by atoms with Crippen molar-refractivity contribution in [3.05, 3.63) is 23.8 Å². The highest BCUT2D eigenvalue weighted by molar-refractivity contribution is 6.07. The molecule has 7 heteroatoms. The number of aliphatic hydroxyl groups excluding tert-OH is 1. The number of likely N-dealkylation sites (tertiary alicyclic amines) is 1. The highest BCUT2D eigenvalue weighted by Crippen LogP contribution is 2.30. The van der Waals surface area contributed by atoms with Crippen LogP contribution in [0.3, 0.4) is 0 Å². The number of hydrogen-bond donors (Lipinski definition) is 2. The zero-order valence-electron chi connectivity index (χ0n) is 19.1. The SMILES string of the molecule is COc1cc(C#CC(C)(C)C)cc(OCC(O)CN2CCC3(CC2)N=C(C)NC3=O)c1. The number of benzene rings is 1. The van der Waals surface area contributed by atoms with E-state index < -0.39 is 11.6 Å². The number of β-amino-alcohol motifs (C(OH)–C–C–N with tert-alkyl or cyclic N) is 1. The number of amides is 1. The Balaban J connectivity index is 1.53. The average Bonchev–Trinajstić information content (AvgIpc) is 2.98. The summed E-state index contributed by atoms with van der Waals surface area (Å²) in [6.07, 6.45) is 0.678. The molecule has 2 aliphatic heterocycles. The first-order chi connectivity index (χ1) is 14.6. The lowest BCUT2D eigenvalue weighted by Gasteiger charge is -2.36. The van der Waals surface area contributed by atoms with Crippen LogP contribution in [0.2, 0.25) is 0 Å². The number of hydrogen-bond acceptors (Lipinski definition) is 6. The molecule has 0 bridgehead atoms. The summed E-state index contributed by atoms with van der Waals surface area (Å²) in [7, 11) is 1.61. The summed E-state index contributed by atoms with van der Waals surface area (Å²) in [5.74, 6) is 8.33. The zero-order chi connectivity index (χ0) is 22.6. The van der Waals surface area contributed by atoms with E-state index in [9.17, 15) is 9.90 Å². The van der Waals surface area contributed by atoms with Crippen LogP contribution in [-0.4, -0.2) is 66.7 Å². The highest BCUT2D eigenvalue weighted by Gasteiger charge is 2.44. The fourth-order valence-corrected chi connectivity index (χ4v) is 3.77. The molecular formula is C24H33N3O4. The highest BCUT2D eigenvalue weighted by atomic mass is 16.5. The average molecular weight is 428 g/mol. The summed E-state index contributed by atoms with van der Waals surface area (Å²) in [5.41, 5.74) is 0.0923. The van der Waals surface area contributed by atoms with Crippen molar-refractivity contribution in [1.29, 1.82) is 0 Å². The molecule has 1 fully saturated rings. The van der Waals surface area contributed by atoms with Gasteiger partial charge in [0.25, 0.3) is 5.91 Å². The van der Waals surface area contributed by atoms with E-state index >= 15 is 0 Å². The first-order valence-corrected chi connectivity index (χ1v) is 10.7. The zero-order valence-corrected chi connectivity index (χ0v) is 19.1. The van der Waals surface area contributed by atoms with Crippen molar-refractivity contribution in [3.8, 4) is 23.3 Å². The Morgan fingerprint density at radius 3 is 2.52 bits per heavy atom. The summed E-state index contributed by atoms with van der Waals surface area (Å²) in [4.78, 5) is 18.9. The molecule has 0 aromatic heterocycles. The molecular weight excluding hydrogens is 394 g/mol. The number of rotatable bonds is 6. The third-order valence-electron chi connectivity index (χ3n) is 5.39. The third-order valence-corrected chi connectivity index (χ3v) is 5.39. The minimum absolute atomic E-state index is 0.00285. The molecule has 2 aliphatic rings. The van der Waals surface area contributed by atoms with Crippen molar-refractivity contribution in [2.45, 2.75) is 52.2 Å². The van der Waals surface area contributed by atoms with Gasteiger partial charge in [-0.2, -0.15) is 0 Å². The minimum atomic E-state index is -0.646. The van der Waals surface area contributed by atoms with E-state index in [0.29, 0.717) is 49.8 Å². The van der Waals surface area contributed by atoms with Crippen LogP contribution < -0.4 is 14.8 Å². The number of ether oxygens (including phenoxy) is 2. The lowest BCUT2D eigenvalue weighted by atomic mass is 9.88. The molecule has 0 aliphatic carbocycles. The van der Waals surface area contributed by atoms with E-state index in [4.69, 9.17) is 9.47 Å². The Morgan fingerprint density at radius 1 is 1.26 bits per heavy atom. The third kappa shape index (κ3) is 6.22. The van der Waals surface area contributed by atoms with Gasteiger partial charge < -0.3 is 24.8 Å². The monoisotopic (exact) mass is 427 g/mol. The normalized spacial score (nSPS) is 19.3. The first kappa shape index (κ1) is 23.1. The Kier molecular flexibility index (Phi) is 6.93. The molecule has 1 amide bonds. The molecule has 0 saturated carbocycles. The predicted octanol–water partition coefficient (Wildman–Crippen LogP) is 2.22. The minimum Gasteiger partial charge on any atom is -0.497 e. The van der Waals surface area contributed by atoms with Crippen molar-refractivity contribution in [1.82, 2.24) is 10.2 Å². The predicted molar refractivity (Wildman–Crippen MR) is 120 cm³/mol. The second-order valence-electron chi connectivity index (χ2n) is 9.35. The van der Waals surface area contributed by atoms with E-state index in [-0.39, 0.29) is 17.9 Å². The maximum absolute atomic E-state index is 12.2. The summed E-state index contributed by atoms with van der Waals surface area (Å²) in [6.45, 7) is 10.1. The number of nitrogens with zero attached hydrogens (tertiary/aromatic N) is 2. The molecule has 1 saturated heterocycles. The molecule has 1 aromatic carbocycles. The van der Waals surface area contributed by atoms with Crippen molar-refractivity contribution < 1.29 is 19.4 Å². The van der Waals surface area contributed by atoms with Gasteiger partial charge in [0, 0.05) is 36.7 Å². The maximum Gasteiger partial charge on any atom is 0.253 e. The number of methoxy groups -OCH3 is 1. The molecule has 2 N–H and O–H groups in total. The molecule has 168 valence electrons. The first-order valence-electron chi connectivity index (χ1n) is 10.7. The Morgan fingerprint density at radius 2 is 1.94 bits per heavy atom. The van der Waals surface area contributed by atoms with Gasteiger partial charge in [0.2, 0.25) is 0 Å². The van der Waals surface area contributed by atoms with Gasteiger partial charge in [-0.3, -0.25) is 9.79 Å². The maximum atomic E-state index is 12.2. The topological polar surface area (TPSA) is 83.4 Å². The smallest absolute Gasteiger partial charge is 0.253 e. The molecule has 1 spiro atoms. The molecule has 0 radical (unpaired) electrons. The van der Waals surface area contributed by atoms with Crippen LogP contribution in [-0.2, 0) is 4.79 Å². The number of aliphatic imine (C=N–C) groups is 1. The van der Waals surface area contributed by atoms with Crippen LogP contribution >= 0.6 is 0 Å². The van der Waals surface area contributed by atoms with Crippen molar-refractivity contribution in [2.75, 3.05) is 33.4 Å². The summed E-state index contributed by atoms with van der Waals surface area (Å²) >= 11 is 0. The number of aliphatic hydroxyl groups is 1. The summed E-state index contributed by atoms with van der Waals surface area (Å²) in [6, 6.07) is 5.52. The van der Waals surface area contributed by atoms with Crippen LogP contribution in [0.25, 0.3) is 0 Å². The van der Waals surface area contributed by atoms with Crippen LogP contribution in [0.4, 0.5) is 0 Å². The van der Waals surface area contributed by atoms with Gasteiger partial charge in [-0.25, -0.2) is 0 Å². The molecule has 1 atom stereocenters. The largest absolute Gasteiger partial charge is 0.497 e. The Bertz CT molecular complexity index is 900. The van der Waals surface area contributed by atoms with Gasteiger partial charge >= 0.3 is 0 Å². The van der Waals surface area contributed by atoms with E-state index in [1.54, 1.807) is 13.2 Å². The van der Waals surface area contributed by atoms with E-state index in [2.05, 4.69) is 47.8 Å². The quantitative estimate of drug-likeness (QED) is 0.680. The standard InChI is InChI=1S/C24H33N3O4/c1-17-25-22(29)24(26-17)8-10-27(11-9-24)15-19(28)16-31-21-13-18(6-7-23(2,3)4)12-20(14-21)30-5/h12-14,19,28H,8-11,15-16H2,1-5H3,(H,25,26,29). The van der Waals surface area contributed by atoms with E-state index in [0.717, 1.165) is 5.56 Å². The van der Waals surface area contributed by atoms with Crippen molar-refractivity contribution in [2.24, 2.45) is 10.4 Å². The fourth-order valence-electron chi connectivity index (χ4n) is 3.77. The van der Waals surface area contributed by atoms with Crippen LogP contribution in [0.15, 0.2) is 23.2 Å². The molecule has 1 aromatic rings. The lowest BCUT2D eigenvalue weighted by Crippen LogP contribution is -2.50. The number of nitrogens with one attached hydrogen (secondary N) is 1. The number of carbonyl (C=O) groups excluding carboxylic acids is 1. The van der Waals surface area contributed by atoms with Crippen LogP contribution in [0.1, 0.15) is 46.1 Å². The number of piperidine rings is 1. The fraction of sp³-hybridized carbons (Fsp3) is 0.583. The van der Waals surface area contributed by atoms with Gasteiger partial charge in [-0.15, -0.1) is 0 Å². The Labute approximate surface area is 184 Å². The van der Waals surface area contributed by atoms with Crippen LogP contribution in [0.5, 0.6) is 11.5 Å². The lowest BCUT2D eigenvalue weighted by molar-refractivity contribution is -0.125. The van der Waals surface area contributed by atoms with Crippen molar-refractivity contribution >= 4 is 11.7 Å². The number of amidine groups is 1. The van der Waals surface area contributed by atoms with Gasteiger partial charge in [0.05, 0.1) is 7.11 Å². The van der Waals surface area contributed by atoms with E-state index in [1.807, 2.05) is 19.1 Å². The summed E-state index contributed by atoms with van der Waals surface area (Å²) < 4.78 is 11.2. The Hall–Kier alpha value is -2.56. The van der Waals surface area contributed by atoms with Crippen molar-refractivity contribution in [3.63, 3.8) is 0 Å². The molecule has 7 nitrogen and oxygen atoms in total. The van der Waals surface area contributed by atoms with Gasteiger partial charge in [-0.05, 0) is 52.7 Å². The van der Waals surface area contributed by atoms with E-state index in [1.165, 1.54) is 0 Å². The second-order valence-corrected chi connectivity index (χ2v) is 9.35. The summed E-state index contributed by atoms with van der Waals surface area (Å²) in [5, 5.41) is 13.3. The molecule has 3 rings (SSSR count). The molecule has 1 unspecified atom stereocenters. The molecule has 2 heterocycles. The van der Waals surface area contributed by atoms with Crippen LogP contribution in [0, 0.1) is 17.3 Å². The molecule has 31 heavy (non-hydrogen) atoms. The van der Waals surface area contributed by atoms with Gasteiger partial charge in [0.15, 0.2) is 0 Å².